The van der Waals surface area contributed by atoms with E-state index in [-0.39, 0.29) is 10.8 Å². The molecule has 0 aliphatic heterocycles. The second-order valence-electron chi connectivity index (χ2n) is 2.97. The van der Waals surface area contributed by atoms with Gasteiger partial charge in [-0.25, -0.2) is 14.4 Å². The highest BCUT2D eigenvalue weighted by molar-refractivity contribution is 9.13. The van der Waals surface area contributed by atoms with Gasteiger partial charge in [0.1, 0.15) is 0 Å². The predicted molar refractivity (Wildman–Crippen MR) is 70.5 cm³/mol. The quantitative estimate of drug-likeness (QED) is 0.656. The summed E-state index contributed by atoms with van der Waals surface area (Å²) in [5.74, 6) is -0.139. The second-order valence-corrected chi connectivity index (χ2v) is 6.55. The van der Waals surface area contributed by atoms with Crippen molar-refractivity contribution >= 4 is 54.8 Å². The Balaban J connectivity index is 2.56. The van der Waals surface area contributed by atoms with Crippen molar-refractivity contribution < 1.29 is 4.39 Å². The lowest BCUT2D eigenvalue weighted by molar-refractivity contribution is 0.603. The summed E-state index contributed by atoms with van der Waals surface area (Å²) in [5.41, 5.74) is 0.246. The van der Waals surface area contributed by atoms with Gasteiger partial charge in [-0.05, 0) is 44.8 Å². The largest absolute Gasteiger partial charge is 0.229 e. The van der Waals surface area contributed by atoms with Crippen molar-refractivity contribution in [3.8, 4) is 10.7 Å². The third kappa shape index (κ3) is 2.30. The highest BCUT2D eigenvalue weighted by Crippen LogP contribution is 2.37. The molecule has 0 N–H and O–H groups in total. The van der Waals surface area contributed by atoms with E-state index in [2.05, 4.69) is 41.8 Å². The van der Waals surface area contributed by atoms with Crippen LogP contribution in [0, 0.1) is 12.7 Å². The molecule has 2 aromatic heterocycles. The molecule has 0 spiro atoms. The maximum Gasteiger partial charge on any atom is 0.181 e. The zero-order valence-corrected chi connectivity index (χ0v) is 12.6. The van der Waals surface area contributed by atoms with Crippen molar-refractivity contribution in [1.29, 1.82) is 0 Å². The Morgan fingerprint density at radius 1 is 1.38 bits per heavy atom. The molecule has 0 bridgehead atoms. The SMILES string of the molecule is Cc1nc(-c2cc(Br)c(Br)s2)nc(Cl)c1F. The van der Waals surface area contributed by atoms with Crippen molar-refractivity contribution in [2.75, 3.05) is 0 Å². The fraction of sp³-hybridized carbons (Fsp3) is 0.111. The second kappa shape index (κ2) is 4.68. The molecule has 0 unspecified atom stereocenters. The summed E-state index contributed by atoms with van der Waals surface area (Å²) in [5, 5.41) is -0.150. The third-order valence-corrected chi connectivity index (χ3v) is 5.34. The van der Waals surface area contributed by atoms with Crippen molar-refractivity contribution in [1.82, 2.24) is 9.97 Å². The molecule has 16 heavy (non-hydrogen) atoms. The van der Waals surface area contributed by atoms with E-state index >= 15 is 0 Å². The summed E-state index contributed by atoms with van der Waals surface area (Å²) in [6.07, 6.45) is 0. The third-order valence-electron chi connectivity index (χ3n) is 1.84. The van der Waals surface area contributed by atoms with Gasteiger partial charge < -0.3 is 0 Å². The van der Waals surface area contributed by atoms with E-state index in [4.69, 9.17) is 11.6 Å². The molecule has 0 saturated carbocycles. The predicted octanol–water partition coefficient (Wildman–Crippen LogP) is 4.83. The number of aryl methyl sites for hydroxylation is 1. The molecule has 0 radical (unpaired) electrons. The average Bonchev–Trinajstić information content (AvgIpc) is 2.55. The molecule has 0 aliphatic rings. The van der Waals surface area contributed by atoms with Crippen LogP contribution in [0.25, 0.3) is 10.7 Å². The molecule has 7 heteroatoms. The summed E-state index contributed by atoms with van der Waals surface area (Å²) >= 11 is 13.9. The first-order valence-corrected chi connectivity index (χ1v) is 6.92. The van der Waals surface area contributed by atoms with Gasteiger partial charge in [0.25, 0.3) is 0 Å². The molecular formula is C9H4Br2ClFN2S. The van der Waals surface area contributed by atoms with Crippen molar-refractivity contribution in [2.24, 2.45) is 0 Å². The molecule has 84 valence electrons. The monoisotopic (exact) mass is 384 g/mol. The molecule has 0 fully saturated rings. The Morgan fingerprint density at radius 2 is 2.06 bits per heavy atom. The lowest BCUT2D eigenvalue weighted by Gasteiger charge is -2.01. The number of nitrogens with zero attached hydrogens (tertiary/aromatic N) is 2. The molecule has 2 rings (SSSR count). The van der Waals surface area contributed by atoms with Gasteiger partial charge in [-0.3, -0.25) is 0 Å². The van der Waals surface area contributed by atoms with Gasteiger partial charge in [0.15, 0.2) is 16.8 Å². The minimum absolute atomic E-state index is 0.150. The van der Waals surface area contributed by atoms with Crippen LogP contribution in [0.1, 0.15) is 5.69 Å². The van der Waals surface area contributed by atoms with Crippen LogP contribution in [0.2, 0.25) is 5.15 Å². The Kier molecular flexibility index (Phi) is 3.63. The molecular weight excluding hydrogens is 382 g/mol. The van der Waals surface area contributed by atoms with E-state index in [0.717, 1.165) is 13.1 Å². The average molecular weight is 386 g/mol. The van der Waals surface area contributed by atoms with Crippen LogP contribution in [0.3, 0.4) is 0 Å². The van der Waals surface area contributed by atoms with Crippen LogP contribution >= 0.6 is 54.8 Å². The van der Waals surface area contributed by atoms with E-state index < -0.39 is 5.82 Å². The zero-order chi connectivity index (χ0) is 11.9. The number of halogens is 4. The van der Waals surface area contributed by atoms with Gasteiger partial charge in [-0.1, -0.05) is 11.6 Å². The Hall–Kier alpha value is -0.0400. The van der Waals surface area contributed by atoms with Gasteiger partial charge in [-0.2, -0.15) is 0 Å². The van der Waals surface area contributed by atoms with Crippen LogP contribution in [0.5, 0.6) is 0 Å². The van der Waals surface area contributed by atoms with Crippen molar-refractivity contribution in [3.63, 3.8) is 0 Å². The highest BCUT2D eigenvalue weighted by Gasteiger charge is 2.13. The zero-order valence-electron chi connectivity index (χ0n) is 7.89. The lowest BCUT2D eigenvalue weighted by Crippen LogP contribution is -1.96. The summed E-state index contributed by atoms with van der Waals surface area (Å²) in [6, 6.07) is 1.86. The summed E-state index contributed by atoms with van der Waals surface area (Å²) < 4.78 is 15.1. The van der Waals surface area contributed by atoms with Crippen LogP contribution < -0.4 is 0 Å². The fourth-order valence-electron chi connectivity index (χ4n) is 1.09. The molecule has 2 aromatic rings. The molecule has 0 aromatic carbocycles. The standard InChI is InChI=1S/C9H4Br2ClFN2S/c1-3-6(13)8(12)15-9(14-3)5-2-4(10)7(11)16-5/h2H,1H3. The van der Waals surface area contributed by atoms with E-state index in [0.29, 0.717) is 5.82 Å². The van der Waals surface area contributed by atoms with E-state index in [9.17, 15) is 4.39 Å². The first-order valence-electron chi connectivity index (χ1n) is 4.14. The van der Waals surface area contributed by atoms with Crippen LogP contribution in [0.15, 0.2) is 14.3 Å². The molecule has 0 aliphatic carbocycles. The maximum absolute atomic E-state index is 13.2. The van der Waals surface area contributed by atoms with Crippen LogP contribution in [0.4, 0.5) is 4.39 Å². The number of aromatic nitrogens is 2. The molecule has 0 atom stereocenters. The van der Waals surface area contributed by atoms with Gasteiger partial charge in [0, 0.05) is 4.47 Å². The summed E-state index contributed by atoms with van der Waals surface area (Å²) in [7, 11) is 0. The highest BCUT2D eigenvalue weighted by atomic mass is 79.9. The summed E-state index contributed by atoms with van der Waals surface area (Å²) in [6.45, 7) is 1.56. The van der Waals surface area contributed by atoms with E-state index in [1.165, 1.54) is 11.3 Å². The number of thiophene rings is 1. The van der Waals surface area contributed by atoms with E-state index in [1.54, 1.807) is 6.92 Å². The lowest BCUT2D eigenvalue weighted by atomic mass is 10.4. The van der Waals surface area contributed by atoms with Crippen LogP contribution in [-0.2, 0) is 0 Å². The topological polar surface area (TPSA) is 25.8 Å². The first-order chi connectivity index (χ1) is 7.49. The minimum atomic E-state index is -0.569. The van der Waals surface area contributed by atoms with E-state index in [1.807, 2.05) is 6.07 Å². The minimum Gasteiger partial charge on any atom is -0.229 e. The van der Waals surface area contributed by atoms with Gasteiger partial charge >= 0.3 is 0 Å². The Morgan fingerprint density at radius 3 is 2.56 bits per heavy atom. The maximum atomic E-state index is 13.2. The fourth-order valence-corrected chi connectivity index (χ4v) is 3.28. The Labute approximate surface area is 117 Å². The molecule has 2 nitrogen and oxygen atoms in total. The summed E-state index contributed by atoms with van der Waals surface area (Å²) in [4.78, 5) is 8.79. The molecule has 0 saturated heterocycles. The van der Waals surface area contributed by atoms with Crippen molar-refractivity contribution in [2.45, 2.75) is 6.92 Å². The first kappa shape index (κ1) is 12.4. The molecule has 2 heterocycles. The smallest absolute Gasteiger partial charge is 0.181 e. The van der Waals surface area contributed by atoms with Crippen molar-refractivity contribution in [3.05, 3.63) is 31.0 Å². The number of hydrogen-bond acceptors (Lipinski definition) is 3. The van der Waals surface area contributed by atoms with Gasteiger partial charge in [-0.15, -0.1) is 11.3 Å². The normalized spacial score (nSPS) is 10.8. The van der Waals surface area contributed by atoms with Gasteiger partial charge in [0.2, 0.25) is 0 Å². The number of rotatable bonds is 1. The van der Waals surface area contributed by atoms with Crippen LogP contribution in [-0.4, -0.2) is 9.97 Å². The van der Waals surface area contributed by atoms with Gasteiger partial charge in [0.05, 0.1) is 14.4 Å². The molecule has 0 amide bonds. The Bertz CT molecular complexity index is 516. The number of hydrogen-bond donors (Lipinski definition) is 0.